The Morgan fingerprint density at radius 2 is 2.28 bits per heavy atom. The average molecular weight is 281 g/mol. The van der Waals surface area contributed by atoms with E-state index in [4.69, 9.17) is 4.74 Å². The molecule has 96 valence electrons. The SMILES string of the molecule is CCOC(=O)C(C)(C)Sc1ccnc2ccsc12. The van der Waals surface area contributed by atoms with Gasteiger partial charge in [-0.1, -0.05) is 0 Å². The van der Waals surface area contributed by atoms with Crippen molar-refractivity contribution in [3.8, 4) is 0 Å². The van der Waals surface area contributed by atoms with Gasteiger partial charge in [-0.15, -0.1) is 23.1 Å². The highest BCUT2D eigenvalue weighted by molar-refractivity contribution is 8.01. The molecule has 5 heteroatoms. The molecule has 0 saturated carbocycles. The number of thioether (sulfide) groups is 1. The van der Waals surface area contributed by atoms with E-state index < -0.39 is 4.75 Å². The fourth-order valence-electron chi connectivity index (χ4n) is 1.55. The second-order valence-electron chi connectivity index (χ2n) is 4.28. The van der Waals surface area contributed by atoms with E-state index in [0.717, 1.165) is 15.1 Å². The molecular formula is C13H15NO2S2. The van der Waals surface area contributed by atoms with Crippen LogP contribution in [0.5, 0.6) is 0 Å². The van der Waals surface area contributed by atoms with Crippen molar-refractivity contribution in [2.45, 2.75) is 30.4 Å². The normalized spacial score (nSPS) is 11.7. The molecule has 0 fully saturated rings. The van der Waals surface area contributed by atoms with E-state index in [-0.39, 0.29) is 5.97 Å². The smallest absolute Gasteiger partial charge is 0.321 e. The third kappa shape index (κ3) is 2.67. The standard InChI is InChI=1S/C13H15NO2S2/c1-4-16-12(15)13(2,3)18-10-5-7-14-9-6-8-17-11(9)10/h5-8H,4H2,1-3H3. The first-order valence-electron chi connectivity index (χ1n) is 5.73. The number of esters is 1. The molecule has 2 rings (SSSR count). The lowest BCUT2D eigenvalue weighted by molar-refractivity contribution is -0.145. The maximum atomic E-state index is 11.9. The largest absolute Gasteiger partial charge is 0.465 e. The summed E-state index contributed by atoms with van der Waals surface area (Å²) in [6.07, 6.45) is 1.78. The second kappa shape index (κ2) is 5.28. The molecule has 0 bridgehead atoms. The van der Waals surface area contributed by atoms with Crippen LogP contribution in [0.4, 0.5) is 0 Å². The van der Waals surface area contributed by atoms with Gasteiger partial charge in [-0.05, 0) is 38.3 Å². The summed E-state index contributed by atoms with van der Waals surface area (Å²) in [6, 6.07) is 3.94. The maximum Gasteiger partial charge on any atom is 0.321 e. The number of aromatic nitrogens is 1. The fourth-order valence-corrected chi connectivity index (χ4v) is 3.60. The molecule has 0 unspecified atom stereocenters. The van der Waals surface area contributed by atoms with Crippen LogP contribution in [0.3, 0.4) is 0 Å². The number of rotatable bonds is 4. The zero-order valence-electron chi connectivity index (χ0n) is 10.6. The number of ether oxygens (including phenoxy) is 1. The van der Waals surface area contributed by atoms with Gasteiger partial charge in [0.05, 0.1) is 16.8 Å². The molecule has 3 nitrogen and oxygen atoms in total. The third-order valence-corrected chi connectivity index (χ3v) is 4.74. The van der Waals surface area contributed by atoms with E-state index in [1.807, 2.05) is 38.3 Å². The van der Waals surface area contributed by atoms with Crippen LogP contribution in [-0.2, 0) is 9.53 Å². The van der Waals surface area contributed by atoms with Gasteiger partial charge < -0.3 is 4.74 Å². The van der Waals surface area contributed by atoms with Gasteiger partial charge in [0.15, 0.2) is 0 Å². The minimum atomic E-state index is -0.589. The molecule has 18 heavy (non-hydrogen) atoms. The summed E-state index contributed by atoms with van der Waals surface area (Å²) in [7, 11) is 0. The van der Waals surface area contributed by atoms with E-state index in [0.29, 0.717) is 6.61 Å². The van der Waals surface area contributed by atoms with Gasteiger partial charge >= 0.3 is 5.97 Å². The summed E-state index contributed by atoms with van der Waals surface area (Å²) in [6.45, 7) is 6.00. The first-order chi connectivity index (χ1) is 8.54. The molecule has 0 aliphatic carbocycles. The number of pyridine rings is 1. The lowest BCUT2D eigenvalue weighted by Crippen LogP contribution is -2.29. The molecule has 0 radical (unpaired) electrons. The highest BCUT2D eigenvalue weighted by Gasteiger charge is 2.31. The Hall–Kier alpha value is -1.07. The predicted octanol–water partition coefficient (Wildman–Crippen LogP) is 3.73. The zero-order chi connectivity index (χ0) is 13.2. The summed E-state index contributed by atoms with van der Waals surface area (Å²) in [5.41, 5.74) is 0.977. The third-order valence-electron chi connectivity index (χ3n) is 2.44. The van der Waals surface area contributed by atoms with E-state index in [2.05, 4.69) is 4.98 Å². The zero-order valence-corrected chi connectivity index (χ0v) is 12.2. The van der Waals surface area contributed by atoms with Crippen molar-refractivity contribution in [1.82, 2.24) is 4.98 Å². The topological polar surface area (TPSA) is 39.2 Å². The van der Waals surface area contributed by atoms with Gasteiger partial charge in [0, 0.05) is 11.1 Å². The van der Waals surface area contributed by atoms with Crippen molar-refractivity contribution in [3.63, 3.8) is 0 Å². The van der Waals surface area contributed by atoms with Crippen LogP contribution < -0.4 is 0 Å². The van der Waals surface area contributed by atoms with Crippen LogP contribution in [0.25, 0.3) is 10.2 Å². The number of carbonyl (C=O) groups is 1. The second-order valence-corrected chi connectivity index (χ2v) is 6.86. The Kier molecular flexibility index (Phi) is 3.92. The number of carbonyl (C=O) groups excluding carboxylic acids is 1. The molecule has 0 atom stereocenters. The van der Waals surface area contributed by atoms with E-state index in [9.17, 15) is 4.79 Å². The van der Waals surface area contributed by atoms with Crippen molar-refractivity contribution >= 4 is 39.3 Å². The van der Waals surface area contributed by atoms with Crippen LogP contribution in [0.1, 0.15) is 20.8 Å². The maximum absolute atomic E-state index is 11.9. The number of hydrogen-bond donors (Lipinski definition) is 0. The molecular weight excluding hydrogens is 266 g/mol. The van der Waals surface area contributed by atoms with Crippen molar-refractivity contribution in [2.24, 2.45) is 0 Å². The minimum absolute atomic E-state index is 0.184. The fraction of sp³-hybridized carbons (Fsp3) is 0.385. The molecule has 2 heterocycles. The number of nitrogens with zero attached hydrogens (tertiary/aromatic N) is 1. The molecule has 2 aromatic rings. The van der Waals surface area contributed by atoms with Crippen LogP contribution in [0.15, 0.2) is 28.6 Å². The Bertz CT molecular complexity index is 563. The molecule has 0 amide bonds. The lowest BCUT2D eigenvalue weighted by Gasteiger charge is -2.21. The highest BCUT2D eigenvalue weighted by Crippen LogP contribution is 2.38. The minimum Gasteiger partial charge on any atom is -0.465 e. The molecule has 2 aromatic heterocycles. The first-order valence-corrected chi connectivity index (χ1v) is 7.42. The van der Waals surface area contributed by atoms with Crippen LogP contribution in [-0.4, -0.2) is 22.3 Å². The Labute approximate surface area is 115 Å². The summed E-state index contributed by atoms with van der Waals surface area (Å²) in [4.78, 5) is 17.3. The van der Waals surface area contributed by atoms with Crippen molar-refractivity contribution in [3.05, 3.63) is 23.7 Å². The molecule has 0 N–H and O–H groups in total. The van der Waals surface area contributed by atoms with Gasteiger partial charge in [0.1, 0.15) is 4.75 Å². The molecule has 0 spiro atoms. The molecule has 0 saturated heterocycles. The van der Waals surface area contributed by atoms with Crippen LogP contribution in [0, 0.1) is 0 Å². The van der Waals surface area contributed by atoms with E-state index >= 15 is 0 Å². The lowest BCUT2D eigenvalue weighted by atomic mass is 10.2. The van der Waals surface area contributed by atoms with Crippen molar-refractivity contribution in [2.75, 3.05) is 6.61 Å². The van der Waals surface area contributed by atoms with Crippen LogP contribution in [0.2, 0.25) is 0 Å². The van der Waals surface area contributed by atoms with Crippen molar-refractivity contribution < 1.29 is 9.53 Å². The van der Waals surface area contributed by atoms with Gasteiger partial charge in [0.25, 0.3) is 0 Å². The van der Waals surface area contributed by atoms with Crippen molar-refractivity contribution in [1.29, 1.82) is 0 Å². The van der Waals surface area contributed by atoms with Crippen LogP contribution >= 0.6 is 23.1 Å². The van der Waals surface area contributed by atoms with Gasteiger partial charge in [-0.2, -0.15) is 0 Å². The summed E-state index contributed by atoms with van der Waals surface area (Å²) >= 11 is 3.17. The number of hydrogen-bond acceptors (Lipinski definition) is 5. The first kappa shape index (κ1) is 13.4. The van der Waals surface area contributed by atoms with E-state index in [1.165, 1.54) is 11.8 Å². The summed E-state index contributed by atoms with van der Waals surface area (Å²) in [5.74, 6) is -0.184. The number of fused-ring (bicyclic) bond motifs is 1. The van der Waals surface area contributed by atoms with Gasteiger partial charge in [-0.25, -0.2) is 0 Å². The summed E-state index contributed by atoms with van der Waals surface area (Å²) < 4.78 is 5.64. The van der Waals surface area contributed by atoms with E-state index in [1.54, 1.807) is 17.5 Å². The average Bonchev–Trinajstić information content (AvgIpc) is 2.78. The monoisotopic (exact) mass is 281 g/mol. The Balaban J connectivity index is 2.28. The Morgan fingerprint density at radius 1 is 1.50 bits per heavy atom. The summed E-state index contributed by atoms with van der Waals surface area (Å²) in [5, 5.41) is 2.01. The van der Waals surface area contributed by atoms with Gasteiger partial charge in [0.2, 0.25) is 0 Å². The Morgan fingerprint density at radius 3 is 3.00 bits per heavy atom. The van der Waals surface area contributed by atoms with Gasteiger partial charge in [-0.3, -0.25) is 9.78 Å². The number of thiophene rings is 1. The highest BCUT2D eigenvalue weighted by atomic mass is 32.2. The molecule has 0 aliphatic heterocycles. The predicted molar refractivity (Wildman–Crippen MR) is 76.2 cm³/mol. The molecule has 0 aliphatic rings. The molecule has 0 aromatic carbocycles. The quantitative estimate of drug-likeness (QED) is 0.632.